The van der Waals surface area contributed by atoms with E-state index < -0.39 is 9.84 Å². The summed E-state index contributed by atoms with van der Waals surface area (Å²) in [6.45, 7) is 3.25. The van der Waals surface area contributed by atoms with Gasteiger partial charge >= 0.3 is 0 Å². The number of hydrogen-bond acceptors (Lipinski definition) is 6. The number of amidine groups is 1. The average Bonchev–Trinajstić information content (AvgIpc) is 2.53. The molecular weight excluding hydrogens is 294 g/mol. The number of hydrogen-bond donors (Lipinski definition) is 2. The van der Waals surface area contributed by atoms with Crippen LogP contribution in [0.2, 0.25) is 0 Å². The van der Waals surface area contributed by atoms with Crippen LogP contribution >= 0.6 is 0 Å². The molecule has 0 bridgehead atoms. The highest BCUT2D eigenvalue weighted by atomic mass is 32.2. The molecule has 116 valence electrons. The minimum atomic E-state index is -3.40. The smallest absolute Gasteiger partial charge is 0.179 e. The van der Waals surface area contributed by atoms with Crippen LogP contribution in [0.1, 0.15) is 5.56 Å². The van der Waals surface area contributed by atoms with Gasteiger partial charge in [-0.25, -0.2) is 8.42 Å². The lowest BCUT2D eigenvalue weighted by atomic mass is 10.2. The summed E-state index contributed by atoms with van der Waals surface area (Å²) in [6, 6.07) is 6.11. The second kappa shape index (κ2) is 6.88. The Bertz CT molecular complexity index is 610. The topological polar surface area (TPSA) is 105 Å². The molecule has 0 aromatic heterocycles. The molecule has 0 aliphatic carbocycles. The maximum Gasteiger partial charge on any atom is 0.179 e. The van der Waals surface area contributed by atoms with Gasteiger partial charge in [-0.3, -0.25) is 4.90 Å². The van der Waals surface area contributed by atoms with Crippen LogP contribution in [0.25, 0.3) is 0 Å². The molecule has 8 heteroatoms. The van der Waals surface area contributed by atoms with Crippen molar-refractivity contribution in [2.24, 2.45) is 10.9 Å². The van der Waals surface area contributed by atoms with Gasteiger partial charge in [0.25, 0.3) is 0 Å². The van der Waals surface area contributed by atoms with Gasteiger partial charge in [-0.2, -0.15) is 0 Å². The summed E-state index contributed by atoms with van der Waals surface area (Å²) < 4.78 is 29.9. The lowest BCUT2D eigenvalue weighted by Gasteiger charge is -2.26. The third-order valence-corrected chi connectivity index (χ3v) is 5.07. The molecule has 0 radical (unpaired) electrons. The van der Waals surface area contributed by atoms with Crippen molar-refractivity contribution >= 4 is 15.7 Å². The first-order chi connectivity index (χ1) is 10.0. The summed E-state index contributed by atoms with van der Waals surface area (Å²) in [6.07, 6.45) is 0. The zero-order valence-corrected chi connectivity index (χ0v) is 12.4. The molecule has 7 nitrogen and oxygen atoms in total. The lowest BCUT2D eigenvalue weighted by molar-refractivity contribution is 0.0408. The summed E-state index contributed by atoms with van der Waals surface area (Å²) >= 11 is 0. The Morgan fingerprint density at radius 2 is 2.10 bits per heavy atom. The third kappa shape index (κ3) is 4.16. The zero-order valence-electron chi connectivity index (χ0n) is 11.6. The van der Waals surface area contributed by atoms with Crippen molar-refractivity contribution < 1.29 is 18.4 Å². The monoisotopic (exact) mass is 313 g/mol. The van der Waals surface area contributed by atoms with E-state index >= 15 is 0 Å². The van der Waals surface area contributed by atoms with Crippen LogP contribution in [0.3, 0.4) is 0 Å². The van der Waals surface area contributed by atoms with Gasteiger partial charge in [-0.05, 0) is 12.1 Å². The number of nitrogens with two attached hydrogens (primary N) is 1. The van der Waals surface area contributed by atoms with Gasteiger partial charge < -0.3 is 15.7 Å². The van der Waals surface area contributed by atoms with E-state index in [9.17, 15) is 8.42 Å². The van der Waals surface area contributed by atoms with Crippen LogP contribution in [0.4, 0.5) is 0 Å². The number of nitrogens with zero attached hydrogens (tertiary/aromatic N) is 2. The normalized spacial score (nSPS) is 17.8. The van der Waals surface area contributed by atoms with E-state index in [-0.39, 0.29) is 16.5 Å². The van der Waals surface area contributed by atoms with Gasteiger partial charge in [-0.15, -0.1) is 0 Å². The standard InChI is InChI=1S/C13H19N3O4S/c14-13(15-17)11-2-1-3-12(10-11)21(18,19)9-6-16-4-7-20-8-5-16/h1-3,10,17H,4-9H2,(H2,14,15). The van der Waals surface area contributed by atoms with Gasteiger partial charge in [0, 0.05) is 25.2 Å². The molecular formula is C13H19N3O4S. The first-order valence-electron chi connectivity index (χ1n) is 6.64. The van der Waals surface area contributed by atoms with Gasteiger partial charge in [0.1, 0.15) is 0 Å². The molecule has 21 heavy (non-hydrogen) atoms. The van der Waals surface area contributed by atoms with E-state index in [2.05, 4.69) is 10.1 Å². The van der Waals surface area contributed by atoms with Crippen LogP contribution in [0.5, 0.6) is 0 Å². The second-order valence-corrected chi connectivity index (χ2v) is 6.90. The number of rotatable bonds is 5. The van der Waals surface area contributed by atoms with Crippen molar-refractivity contribution in [1.82, 2.24) is 4.90 Å². The Hall–Kier alpha value is -1.64. The van der Waals surface area contributed by atoms with Crippen LogP contribution in [-0.4, -0.2) is 63.0 Å². The van der Waals surface area contributed by atoms with Crippen molar-refractivity contribution in [3.63, 3.8) is 0 Å². The van der Waals surface area contributed by atoms with Crippen LogP contribution in [0, 0.1) is 0 Å². The molecule has 1 aromatic rings. The molecule has 0 spiro atoms. The Labute approximate surface area is 123 Å². The first-order valence-corrected chi connectivity index (χ1v) is 8.29. The van der Waals surface area contributed by atoms with Crippen molar-refractivity contribution in [1.29, 1.82) is 0 Å². The fraction of sp³-hybridized carbons (Fsp3) is 0.462. The molecule has 0 amide bonds. The Kier molecular flexibility index (Phi) is 5.16. The summed E-state index contributed by atoms with van der Waals surface area (Å²) in [7, 11) is -3.40. The zero-order chi connectivity index (χ0) is 15.3. The number of morpholine rings is 1. The molecule has 0 atom stereocenters. The average molecular weight is 313 g/mol. The van der Waals surface area contributed by atoms with Crippen molar-refractivity contribution in [2.45, 2.75) is 4.90 Å². The molecule has 0 saturated carbocycles. The van der Waals surface area contributed by atoms with E-state index in [1.54, 1.807) is 12.1 Å². The molecule has 2 rings (SSSR count). The number of benzene rings is 1. The molecule has 1 aliphatic heterocycles. The van der Waals surface area contributed by atoms with Crippen LogP contribution in [-0.2, 0) is 14.6 Å². The summed E-state index contributed by atoms with van der Waals surface area (Å²) in [5.74, 6) is -0.0765. The van der Waals surface area contributed by atoms with E-state index in [0.717, 1.165) is 13.1 Å². The van der Waals surface area contributed by atoms with Crippen molar-refractivity contribution in [2.75, 3.05) is 38.6 Å². The van der Waals surface area contributed by atoms with Crippen LogP contribution in [0.15, 0.2) is 34.3 Å². The highest BCUT2D eigenvalue weighted by molar-refractivity contribution is 7.91. The Balaban J connectivity index is 2.08. The van der Waals surface area contributed by atoms with E-state index in [1.165, 1.54) is 12.1 Å². The minimum absolute atomic E-state index is 0.0344. The molecule has 1 aromatic carbocycles. The second-order valence-electron chi connectivity index (χ2n) is 4.79. The predicted molar refractivity (Wildman–Crippen MR) is 78.3 cm³/mol. The fourth-order valence-electron chi connectivity index (χ4n) is 2.10. The third-order valence-electron chi connectivity index (χ3n) is 3.38. The largest absolute Gasteiger partial charge is 0.409 e. The molecule has 1 fully saturated rings. The van der Waals surface area contributed by atoms with Gasteiger partial charge in [-0.1, -0.05) is 17.3 Å². The Morgan fingerprint density at radius 1 is 1.38 bits per heavy atom. The molecule has 1 heterocycles. The van der Waals surface area contributed by atoms with E-state index in [1.807, 2.05) is 0 Å². The number of sulfone groups is 1. The molecule has 1 saturated heterocycles. The molecule has 1 aliphatic rings. The summed E-state index contributed by atoms with van der Waals surface area (Å²) in [5.41, 5.74) is 5.86. The quantitative estimate of drug-likeness (QED) is 0.340. The number of oxime groups is 1. The van der Waals surface area contributed by atoms with E-state index in [0.29, 0.717) is 25.3 Å². The maximum absolute atomic E-state index is 12.3. The SMILES string of the molecule is N/C(=N/O)c1cccc(S(=O)(=O)CCN2CCOCC2)c1. The Morgan fingerprint density at radius 3 is 2.76 bits per heavy atom. The fourth-order valence-corrected chi connectivity index (χ4v) is 3.43. The van der Waals surface area contributed by atoms with Gasteiger partial charge in [0.2, 0.25) is 0 Å². The minimum Gasteiger partial charge on any atom is -0.409 e. The number of ether oxygens (including phenoxy) is 1. The molecule has 3 N–H and O–H groups in total. The van der Waals surface area contributed by atoms with Crippen molar-refractivity contribution in [3.8, 4) is 0 Å². The first kappa shape index (κ1) is 15.7. The summed E-state index contributed by atoms with van der Waals surface area (Å²) in [5, 5.41) is 11.5. The highest BCUT2D eigenvalue weighted by Crippen LogP contribution is 2.14. The predicted octanol–water partition coefficient (Wildman–Crippen LogP) is -0.113. The van der Waals surface area contributed by atoms with Crippen LogP contribution < -0.4 is 5.73 Å². The van der Waals surface area contributed by atoms with Gasteiger partial charge in [0.15, 0.2) is 15.7 Å². The van der Waals surface area contributed by atoms with E-state index in [4.69, 9.17) is 15.7 Å². The highest BCUT2D eigenvalue weighted by Gasteiger charge is 2.18. The van der Waals surface area contributed by atoms with Crippen molar-refractivity contribution in [3.05, 3.63) is 29.8 Å². The lowest BCUT2D eigenvalue weighted by Crippen LogP contribution is -2.39. The summed E-state index contributed by atoms with van der Waals surface area (Å²) in [4.78, 5) is 2.24. The molecule has 0 unspecified atom stereocenters. The maximum atomic E-state index is 12.3. The van der Waals surface area contributed by atoms with Gasteiger partial charge in [0.05, 0.1) is 23.9 Å².